The van der Waals surface area contributed by atoms with Crippen LogP contribution in [0.1, 0.15) is 12.0 Å². The van der Waals surface area contributed by atoms with Crippen molar-refractivity contribution in [1.29, 1.82) is 0 Å². The molecule has 1 aliphatic rings. The van der Waals surface area contributed by atoms with Gasteiger partial charge in [-0.1, -0.05) is 0 Å². The van der Waals surface area contributed by atoms with Crippen molar-refractivity contribution in [3.8, 4) is 11.5 Å². The van der Waals surface area contributed by atoms with Gasteiger partial charge in [-0.25, -0.2) is 4.39 Å². The van der Waals surface area contributed by atoms with Crippen LogP contribution in [0, 0.1) is 11.7 Å². The Balaban J connectivity index is 1.40. The molecule has 3 aromatic rings. The molecular weight excluding hydrogens is 401 g/mol. The molecule has 2 aromatic carbocycles. The minimum atomic E-state index is -0.455. The lowest BCUT2D eigenvalue weighted by Crippen LogP contribution is -2.30. The van der Waals surface area contributed by atoms with Crippen molar-refractivity contribution in [2.45, 2.75) is 12.8 Å². The molecular formula is C23H24FN3O4. The highest BCUT2D eigenvalue weighted by Gasteiger charge is 2.34. The van der Waals surface area contributed by atoms with Crippen LogP contribution in [0.3, 0.4) is 0 Å². The third-order valence-electron chi connectivity index (χ3n) is 5.63. The minimum absolute atomic E-state index is 0.0659. The van der Waals surface area contributed by atoms with Crippen LogP contribution in [0.25, 0.3) is 10.9 Å². The number of rotatable bonds is 7. The van der Waals surface area contributed by atoms with Crippen molar-refractivity contribution >= 4 is 28.4 Å². The Morgan fingerprint density at radius 1 is 1.23 bits per heavy atom. The summed E-state index contributed by atoms with van der Waals surface area (Å²) >= 11 is 0. The van der Waals surface area contributed by atoms with Crippen LogP contribution >= 0.6 is 0 Å². The van der Waals surface area contributed by atoms with E-state index in [-0.39, 0.29) is 24.1 Å². The molecule has 162 valence electrons. The molecule has 0 spiro atoms. The number of anilines is 1. The van der Waals surface area contributed by atoms with E-state index < -0.39 is 5.92 Å². The number of aromatic nitrogens is 1. The number of fused-ring (bicyclic) bond motifs is 1. The predicted octanol–water partition coefficient (Wildman–Crippen LogP) is 3.35. The predicted molar refractivity (Wildman–Crippen MR) is 115 cm³/mol. The number of halogens is 1. The molecule has 1 aromatic heterocycles. The van der Waals surface area contributed by atoms with Gasteiger partial charge in [-0.3, -0.25) is 9.59 Å². The average molecular weight is 425 g/mol. The van der Waals surface area contributed by atoms with E-state index in [9.17, 15) is 14.0 Å². The van der Waals surface area contributed by atoms with E-state index in [1.807, 2.05) is 6.20 Å². The molecule has 7 nitrogen and oxygen atoms in total. The fraction of sp³-hybridized carbons (Fsp3) is 0.304. The van der Waals surface area contributed by atoms with Crippen molar-refractivity contribution in [2.24, 2.45) is 5.92 Å². The maximum absolute atomic E-state index is 13.6. The highest BCUT2D eigenvalue weighted by atomic mass is 19.1. The largest absolute Gasteiger partial charge is 0.497 e. The molecule has 1 saturated heterocycles. The van der Waals surface area contributed by atoms with Gasteiger partial charge in [-0.05, 0) is 42.3 Å². The van der Waals surface area contributed by atoms with E-state index in [1.54, 1.807) is 36.3 Å². The topological polar surface area (TPSA) is 83.7 Å². The summed E-state index contributed by atoms with van der Waals surface area (Å²) in [7, 11) is 3.07. The van der Waals surface area contributed by atoms with Crippen LogP contribution in [-0.4, -0.2) is 49.0 Å². The third kappa shape index (κ3) is 4.33. The molecule has 0 radical (unpaired) electrons. The maximum Gasteiger partial charge on any atom is 0.229 e. The van der Waals surface area contributed by atoms with Gasteiger partial charge in [0.25, 0.3) is 0 Å². The minimum Gasteiger partial charge on any atom is -0.497 e. The summed E-state index contributed by atoms with van der Waals surface area (Å²) in [5.41, 5.74) is 2.29. The molecule has 2 N–H and O–H groups in total. The summed E-state index contributed by atoms with van der Waals surface area (Å²) < 4.78 is 24.1. The van der Waals surface area contributed by atoms with E-state index >= 15 is 0 Å². The molecule has 0 saturated carbocycles. The first-order valence-corrected chi connectivity index (χ1v) is 10.0. The number of aromatic amines is 1. The lowest BCUT2D eigenvalue weighted by atomic mass is 10.1. The van der Waals surface area contributed by atoms with Gasteiger partial charge in [-0.2, -0.15) is 0 Å². The Morgan fingerprint density at radius 3 is 2.84 bits per heavy atom. The van der Waals surface area contributed by atoms with Crippen molar-refractivity contribution < 1.29 is 23.5 Å². The fourth-order valence-corrected chi connectivity index (χ4v) is 3.92. The number of carbonyl (C=O) groups excluding carboxylic acids is 2. The smallest absolute Gasteiger partial charge is 0.229 e. The Kier molecular flexibility index (Phi) is 5.79. The quantitative estimate of drug-likeness (QED) is 0.608. The molecule has 8 heteroatoms. The summed E-state index contributed by atoms with van der Waals surface area (Å²) in [5.74, 6) is 0.0526. The second-order valence-corrected chi connectivity index (χ2v) is 7.55. The first kappa shape index (κ1) is 20.7. The van der Waals surface area contributed by atoms with Crippen LogP contribution < -0.4 is 14.8 Å². The van der Waals surface area contributed by atoms with E-state index in [1.165, 1.54) is 19.2 Å². The number of methoxy groups -OCH3 is 2. The molecule has 1 atom stereocenters. The van der Waals surface area contributed by atoms with Crippen molar-refractivity contribution in [3.63, 3.8) is 0 Å². The zero-order valence-electron chi connectivity index (χ0n) is 17.4. The highest BCUT2D eigenvalue weighted by molar-refractivity contribution is 5.98. The van der Waals surface area contributed by atoms with Crippen LogP contribution in [0.4, 0.5) is 10.1 Å². The SMILES string of the molecule is COc1ccc(OC)c(NC(=O)[C@@H]2CC(=O)N(CCc3c[nH]c4ccc(F)cc34)C2)c1. The number of amides is 2. The molecule has 0 aliphatic carbocycles. The number of benzene rings is 2. The summed E-state index contributed by atoms with van der Waals surface area (Å²) in [6.45, 7) is 0.808. The number of nitrogens with zero attached hydrogens (tertiary/aromatic N) is 1. The Labute approximate surface area is 179 Å². The molecule has 4 rings (SSSR count). The van der Waals surface area contributed by atoms with Crippen LogP contribution in [0.15, 0.2) is 42.6 Å². The van der Waals surface area contributed by atoms with Crippen LogP contribution in [-0.2, 0) is 16.0 Å². The highest BCUT2D eigenvalue weighted by Crippen LogP contribution is 2.30. The van der Waals surface area contributed by atoms with Gasteiger partial charge in [0.2, 0.25) is 11.8 Å². The zero-order chi connectivity index (χ0) is 22.0. The molecule has 2 heterocycles. The molecule has 1 aliphatic heterocycles. The molecule has 1 fully saturated rings. The monoisotopic (exact) mass is 425 g/mol. The van der Waals surface area contributed by atoms with Crippen LogP contribution in [0.5, 0.6) is 11.5 Å². The summed E-state index contributed by atoms with van der Waals surface area (Å²) in [5, 5.41) is 3.66. The fourth-order valence-electron chi connectivity index (χ4n) is 3.92. The van der Waals surface area contributed by atoms with Gasteiger partial charge in [0.05, 0.1) is 25.8 Å². The summed E-state index contributed by atoms with van der Waals surface area (Å²) in [4.78, 5) is 30.1. The first-order chi connectivity index (χ1) is 15.0. The van der Waals surface area contributed by atoms with Gasteiger partial charge in [0.15, 0.2) is 0 Å². The Bertz CT molecular complexity index is 1130. The van der Waals surface area contributed by atoms with Crippen molar-refractivity contribution in [2.75, 3.05) is 32.6 Å². The second kappa shape index (κ2) is 8.67. The summed E-state index contributed by atoms with van der Waals surface area (Å²) in [6, 6.07) is 9.73. The molecule has 0 bridgehead atoms. The lowest BCUT2D eigenvalue weighted by Gasteiger charge is -2.17. The summed E-state index contributed by atoms with van der Waals surface area (Å²) in [6.07, 6.45) is 2.57. The normalized spacial score (nSPS) is 16.0. The van der Waals surface area contributed by atoms with E-state index in [2.05, 4.69) is 10.3 Å². The second-order valence-electron chi connectivity index (χ2n) is 7.55. The van der Waals surface area contributed by atoms with Crippen molar-refractivity contribution in [1.82, 2.24) is 9.88 Å². The number of hydrogen-bond acceptors (Lipinski definition) is 4. The van der Waals surface area contributed by atoms with Gasteiger partial charge in [-0.15, -0.1) is 0 Å². The number of ether oxygens (including phenoxy) is 2. The standard InChI is InChI=1S/C23H24FN3O4/c1-30-17-4-6-21(31-2)20(11-17)26-23(29)15-9-22(28)27(13-15)8-7-14-12-25-19-5-3-16(24)10-18(14)19/h3-6,10-12,15,25H,7-9,13H2,1-2H3,(H,26,29)/t15-/m1/s1. The number of nitrogens with one attached hydrogen (secondary N) is 2. The van der Waals surface area contributed by atoms with Crippen molar-refractivity contribution in [3.05, 3.63) is 54.0 Å². The van der Waals surface area contributed by atoms with Gasteiger partial charge in [0, 0.05) is 42.7 Å². The zero-order valence-corrected chi connectivity index (χ0v) is 17.4. The number of H-pyrrole nitrogens is 1. The van der Waals surface area contributed by atoms with E-state index in [0.29, 0.717) is 36.7 Å². The van der Waals surface area contributed by atoms with Gasteiger partial charge >= 0.3 is 0 Å². The van der Waals surface area contributed by atoms with Gasteiger partial charge in [0.1, 0.15) is 17.3 Å². The number of likely N-dealkylation sites (tertiary alicyclic amines) is 1. The van der Waals surface area contributed by atoms with E-state index in [0.717, 1.165) is 16.5 Å². The maximum atomic E-state index is 13.6. The molecule has 0 unspecified atom stereocenters. The lowest BCUT2D eigenvalue weighted by molar-refractivity contribution is -0.128. The first-order valence-electron chi connectivity index (χ1n) is 10.0. The molecule has 31 heavy (non-hydrogen) atoms. The number of carbonyl (C=O) groups is 2. The van der Waals surface area contributed by atoms with E-state index in [4.69, 9.17) is 9.47 Å². The molecule has 2 amide bonds. The number of hydrogen-bond donors (Lipinski definition) is 2. The Hall–Kier alpha value is -3.55. The average Bonchev–Trinajstić information content (AvgIpc) is 3.34. The third-order valence-corrected chi connectivity index (χ3v) is 5.63. The van der Waals surface area contributed by atoms with Crippen LogP contribution in [0.2, 0.25) is 0 Å². The van der Waals surface area contributed by atoms with Gasteiger partial charge < -0.3 is 24.7 Å². The Morgan fingerprint density at radius 2 is 2.06 bits per heavy atom.